The minimum absolute atomic E-state index is 0.642. The molecule has 0 amide bonds. The summed E-state index contributed by atoms with van der Waals surface area (Å²) in [4.78, 5) is 11.4. The first-order valence-electron chi connectivity index (χ1n) is 7.37. The van der Waals surface area contributed by atoms with Crippen molar-refractivity contribution in [2.45, 2.75) is 6.42 Å². The molecule has 2 rings (SSSR count). The first-order valence-corrected chi connectivity index (χ1v) is 8.16. The van der Waals surface area contributed by atoms with Crippen molar-refractivity contribution < 1.29 is 0 Å². The Hall–Kier alpha value is -1.23. The highest BCUT2D eigenvalue weighted by Crippen LogP contribution is 2.25. The maximum absolute atomic E-state index is 4.78. The second-order valence-electron chi connectivity index (χ2n) is 6.01. The Bertz CT molecular complexity index is 472. The van der Waals surface area contributed by atoms with Crippen molar-refractivity contribution in [3.63, 3.8) is 0 Å². The van der Waals surface area contributed by atoms with E-state index >= 15 is 0 Å². The summed E-state index contributed by atoms with van der Waals surface area (Å²) in [5.74, 6) is 1.68. The Morgan fingerprint density at radius 1 is 1.19 bits per heavy atom. The molecule has 1 heterocycles. The Morgan fingerprint density at radius 2 is 1.81 bits per heavy atom. The maximum Gasteiger partial charge on any atom is 0.195 e. The SMILES string of the molecule is CN(C)C(=NCC1CCN(c2ccc(Br)cc2)C1)N(C)C. The van der Waals surface area contributed by atoms with E-state index in [0.29, 0.717) is 5.92 Å². The normalized spacial score (nSPS) is 17.8. The van der Waals surface area contributed by atoms with Gasteiger partial charge in [-0.3, -0.25) is 4.99 Å². The van der Waals surface area contributed by atoms with Crippen LogP contribution in [0.4, 0.5) is 5.69 Å². The van der Waals surface area contributed by atoms with Crippen molar-refractivity contribution in [1.29, 1.82) is 0 Å². The van der Waals surface area contributed by atoms with Gasteiger partial charge in [0.15, 0.2) is 5.96 Å². The van der Waals surface area contributed by atoms with Crippen molar-refractivity contribution in [1.82, 2.24) is 9.80 Å². The molecule has 1 aromatic carbocycles. The minimum Gasteiger partial charge on any atom is -0.371 e. The molecule has 1 saturated heterocycles. The fourth-order valence-corrected chi connectivity index (χ4v) is 3.03. The molecular weight excluding hydrogens is 328 g/mol. The number of nitrogens with zero attached hydrogens (tertiary/aromatic N) is 4. The van der Waals surface area contributed by atoms with E-state index in [9.17, 15) is 0 Å². The van der Waals surface area contributed by atoms with E-state index in [4.69, 9.17) is 4.99 Å². The van der Waals surface area contributed by atoms with Gasteiger partial charge < -0.3 is 14.7 Å². The van der Waals surface area contributed by atoms with Gasteiger partial charge in [-0.15, -0.1) is 0 Å². The molecule has 116 valence electrons. The summed E-state index contributed by atoms with van der Waals surface area (Å²) < 4.78 is 1.13. The van der Waals surface area contributed by atoms with Gasteiger partial charge in [0, 0.05) is 58.0 Å². The van der Waals surface area contributed by atoms with Gasteiger partial charge >= 0.3 is 0 Å². The van der Waals surface area contributed by atoms with Crippen LogP contribution in [0.15, 0.2) is 33.7 Å². The number of rotatable bonds is 3. The molecule has 0 aliphatic carbocycles. The molecule has 5 heteroatoms. The number of halogens is 1. The fraction of sp³-hybridized carbons (Fsp3) is 0.562. The average Bonchev–Trinajstić information content (AvgIpc) is 2.87. The zero-order chi connectivity index (χ0) is 15.4. The molecule has 0 saturated carbocycles. The molecule has 1 fully saturated rings. The highest BCUT2D eigenvalue weighted by Gasteiger charge is 2.22. The molecule has 0 spiro atoms. The van der Waals surface area contributed by atoms with Crippen LogP contribution < -0.4 is 4.90 Å². The monoisotopic (exact) mass is 352 g/mol. The van der Waals surface area contributed by atoms with Crippen LogP contribution in [-0.2, 0) is 0 Å². The summed E-state index contributed by atoms with van der Waals surface area (Å²) in [5, 5.41) is 0. The molecule has 21 heavy (non-hydrogen) atoms. The van der Waals surface area contributed by atoms with Gasteiger partial charge in [0.05, 0.1) is 0 Å². The summed E-state index contributed by atoms with van der Waals surface area (Å²) in [6.45, 7) is 3.12. The van der Waals surface area contributed by atoms with E-state index in [0.717, 1.165) is 30.1 Å². The van der Waals surface area contributed by atoms with E-state index in [1.54, 1.807) is 0 Å². The molecule has 0 aromatic heterocycles. The Balaban J connectivity index is 1.93. The summed E-state index contributed by atoms with van der Waals surface area (Å²) >= 11 is 3.49. The lowest BCUT2D eigenvalue weighted by Gasteiger charge is -2.23. The highest BCUT2D eigenvalue weighted by atomic mass is 79.9. The Morgan fingerprint density at radius 3 is 2.38 bits per heavy atom. The van der Waals surface area contributed by atoms with Gasteiger partial charge in [-0.25, -0.2) is 0 Å². The summed E-state index contributed by atoms with van der Waals surface area (Å²) in [5.41, 5.74) is 1.31. The van der Waals surface area contributed by atoms with Crippen molar-refractivity contribution in [2.75, 3.05) is 52.7 Å². The van der Waals surface area contributed by atoms with Crippen LogP contribution in [0.2, 0.25) is 0 Å². The van der Waals surface area contributed by atoms with Crippen LogP contribution in [0.5, 0.6) is 0 Å². The first kappa shape index (κ1) is 16.1. The van der Waals surface area contributed by atoms with Crippen LogP contribution in [0.3, 0.4) is 0 Å². The van der Waals surface area contributed by atoms with Gasteiger partial charge in [-0.1, -0.05) is 15.9 Å². The lowest BCUT2D eigenvalue weighted by Crippen LogP contribution is -2.36. The van der Waals surface area contributed by atoms with Crippen molar-refractivity contribution in [2.24, 2.45) is 10.9 Å². The second-order valence-corrected chi connectivity index (χ2v) is 6.92. The van der Waals surface area contributed by atoms with Crippen LogP contribution in [0.1, 0.15) is 6.42 Å². The molecule has 1 aromatic rings. The Labute approximate surface area is 136 Å². The minimum atomic E-state index is 0.642. The molecule has 0 radical (unpaired) electrons. The van der Waals surface area contributed by atoms with E-state index in [1.165, 1.54) is 12.1 Å². The highest BCUT2D eigenvalue weighted by molar-refractivity contribution is 9.10. The molecule has 1 aliphatic heterocycles. The first-order chi connectivity index (χ1) is 9.97. The summed E-state index contributed by atoms with van der Waals surface area (Å²) in [6.07, 6.45) is 1.22. The molecule has 1 unspecified atom stereocenters. The second kappa shape index (κ2) is 7.16. The van der Waals surface area contributed by atoms with Crippen LogP contribution in [0, 0.1) is 5.92 Å². The predicted molar refractivity (Wildman–Crippen MR) is 94.1 cm³/mol. The number of hydrogen-bond acceptors (Lipinski definition) is 2. The number of hydrogen-bond donors (Lipinski definition) is 0. The molecule has 4 nitrogen and oxygen atoms in total. The number of anilines is 1. The van der Waals surface area contributed by atoms with E-state index in [2.05, 4.69) is 54.9 Å². The quantitative estimate of drug-likeness (QED) is 0.616. The van der Waals surface area contributed by atoms with Crippen LogP contribution in [-0.4, -0.2) is 63.6 Å². The van der Waals surface area contributed by atoms with E-state index < -0.39 is 0 Å². The molecule has 0 bridgehead atoms. The molecular formula is C16H25BrN4. The van der Waals surface area contributed by atoms with Crippen LogP contribution in [0.25, 0.3) is 0 Å². The van der Waals surface area contributed by atoms with Crippen LogP contribution >= 0.6 is 15.9 Å². The van der Waals surface area contributed by atoms with Gasteiger partial charge in [0.2, 0.25) is 0 Å². The van der Waals surface area contributed by atoms with E-state index in [-0.39, 0.29) is 0 Å². The van der Waals surface area contributed by atoms with Gasteiger partial charge in [-0.05, 0) is 36.6 Å². The van der Waals surface area contributed by atoms with Gasteiger partial charge in [0.1, 0.15) is 0 Å². The largest absolute Gasteiger partial charge is 0.371 e. The third-order valence-electron chi connectivity index (χ3n) is 3.77. The predicted octanol–water partition coefficient (Wildman–Crippen LogP) is 2.75. The average molecular weight is 353 g/mol. The third-order valence-corrected chi connectivity index (χ3v) is 4.30. The standard InChI is InChI=1S/C16H25BrN4/c1-19(2)16(20(3)4)18-11-13-9-10-21(12-13)15-7-5-14(17)6-8-15/h5-8,13H,9-12H2,1-4H3. The lowest BCUT2D eigenvalue weighted by atomic mass is 10.1. The number of benzene rings is 1. The number of guanidine groups is 1. The van der Waals surface area contributed by atoms with E-state index in [1.807, 2.05) is 28.2 Å². The van der Waals surface area contributed by atoms with Gasteiger partial charge in [-0.2, -0.15) is 0 Å². The lowest BCUT2D eigenvalue weighted by molar-refractivity contribution is 0.472. The number of aliphatic imine (C=N–C) groups is 1. The van der Waals surface area contributed by atoms with Crippen molar-refractivity contribution >= 4 is 27.6 Å². The Kier molecular flexibility index (Phi) is 5.51. The zero-order valence-electron chi connectivity index (χ0n) is 13.4. The molecule has 0 N–H and O–H groups in total. The van der Waals surface area contributed by atoms with Gasteiger partial charge in [0.25, 0.3) is 0 Å². The maximum atomic E-state index is 4.78. The third kappa shape index (κ3) is 4.37. The smallest absolute Gasteiger partial charge is 0.195 e. The fourth-order valence-electron chi connectivity index (χ4n) is 2.76. The van der Waals surface area contributed by atoms with Crippen molar-refractivity contribution in [3.8, 4) is 0 Å². The summed E-state index contributed by atoms with van der Waals surface area (Å²) in [7, 11) is 8.17. The zero-order valence-corrected chi connectivity index (χ0v) is 15.0. The van der Waals surface area contributed by atoms with Crippen molar-refractivity contribution in [3.05, 3.63) is 28.7 Å². The summed E-state index contributed by atoms with van der Waals surface area (Å²) in [6, 6.07) is 8.58. The topological polar surface area (TPSA) is 22.1 Å². The molecule has 1 atom stereocenters. The molecule has 1 aliphatic rings.